The van der Waals surface area contributed by atoms with Crippen molar-refractivity contribution in [1.29, 1.82) is 0 Å². The Balaban J connectivity index is 1.77. The monoisotopic (exact) mass is 314 g/mol. The van der Waals surface area contributed by atoms with Gasteiger partial charge in [-0.2, -0.15) is 0 Å². The maximum atomic E-state index is 11.8. The van der Waals surface area contributed by atoms with E-state index in [2.05, 4.69) is 32.6 Å². The number of halogens is 1. The van der Waals surface area contributed by atoms with Crippen LogP contribution < -0.4 is 10.6 Å². The van der Waals surface area contributed by atoms with Gasteiger partial charge in [0, 0.05) is 30.1 Å². The number of hydrogen-bond acceptors (Lipinski definition) is 3. The van der Waals surface area contributed by atoms with Crippen LogP contribution in [-0.4, -0.2) is 25.5 Å². The molecule has 0 radical (unpaired) electrons. The molecule has 1 amide bonds. The average molecular weight is 315 g/mol. The van der Waals surface area contributed by atoms with Crippen LogP contribution in [0, 0.1) is 0 Å². The van der Waals surface area contributed by atoms with E-state index in [0.29, 0.717) is 6.54 Å². The highest BCUT2D eigenvalue weighted by atomic mass is 79.9. The third-order valence-corrected chi connectivity index (χ3v) is 4.52. The summed E-state index contributed by atoms with van der Waals surface area (Å²) in [6.07, 6.45) is 0.892. The molecule has 0 saturated carbocycles. The van der Waals surface area contributed by atoms with Crippen LogP contribution >= 0.6 is 27.3 Å². The van der Waals surface area contributed by atoms with Crippen molar-refractivity contribution >= 4 is 33.2 Å². The van der Waals surface area contributed by atoms with Gasteiger partial charge >= 0.3 is 0 Å². The molecule has 2 rings (SSSR count). The number of rotatable bonds is 4. The maximum absolute atomic E-state index is 11.8. The Morgan fingerprint density at radius 2 is 2.29 bits per heavy atom. The van der Waals surface area contributed by atoms with Gasteiger partial charge in [-0.3, -0.25) is 4.79 Å². The first-order valence-corrected chi connectivity index (χ1v) is 7.19. The van der Waals surface area contributed by atoms with Crippen LogP contribution in [0.4, 0.5) is 0 Å². The van der Waals surface area contributed by atoms with E-state index >= 15 is 0 Å². The molecule has 5 heteroatoms. The number of nitrogens with one attached hydrogen (secondary N) is 2. The first-order chi connectivity index (χ1) is 8.16. The zero-order valence-electron chi connectivity index (χ0n) is 9.68. The highest BCUT2D eigenvalue weighted by molar-refractivity contribution is 9.11. The molecule has 1 aliphatic heterocycles. The lowest BCUT2D eigenvalue weighted by Gasteiger charge is -2.21. The van der Waals surface area contributed by atoms with Gasteiger partial charge in [0.25, 0.3) is 0 Å². The zero-order chi connectivity index (χ0) is 12.3. The van der Waals surface area contributed by atoms with Crippen LogP contribution in [0.15, 0.2) is 27.1 Å². The van der Waals surface area contributed by atoms with Crippen LogP contribution in [0.1, 0.15) is 11.8 Å². The van der Waals surface area contributed by atoms with Gasteiger partial charge in [0.15, 0.2) is 0 Å². The molecule has 0 bridgehead atoms. The first-order valence-electron chi connectivity index (χ1n) is 5.58. The van der Waals surface area contributed by atoms with E-state index in [0.717, 1.165) is 28.9 Å². The van der Waals surface area contributed by atoms with Crippen molar-refractivity contribution in [1.82, 2.24) is 10.6 Å². The maximum Gasteiger partial charge on any atom is 0.246 e. The molecule has 0 aromatic carbocycles. The van der Waals surface area contributed by atoms with E-state index in [1.807, 2.05) is 13.0 Å². The summed E-state index contributed by atoms with van der Waals surface area (Å²) in [5, 5.41) is 6.10. The molecule has 1 aromatic rings. The molecule has 2 heterocycles. The summed E-state index contributed by atoms with van der Waals surface area (Å²) in [5.41, 5.74) is 2.09. The highest BCUT2D eigenvalue weighted by Crippen LogP contribution is 2.22. The van der Waals surface area contributed by atoms with Crippen LogP contribution in [0.5, 0.6) is 0 Å². The molecule has 0 spiro atoms. The van der Waals surface area contributed by atoms with Gasteiger partial charge in [0.05, 0.1) is 3.79 Å². The molecule has 3 nitrogen and oxygen atoms in total. The zero-order valence-corrected chi connectivity index (χ0v) is 12.1. The van der Waals surface area contributed by atoms with Crippen molar-refractivity contribution in [3.63, 3.8) is 0 Å². The van der Waals surface area contributed by atoms with E-state index in [1.165, 1.54) is 10.5 Å². The summed E-state index contributed by atoms with van der Waals surface area (Å²) in [6.45, 7) is 4.31. The van der Waals surface area contributed by atoms with E-state index in [-0.39, 0.29) is 5.91 Å². The Labute approximate surface area is 113 Å². The summed E-state index contributed by atoms with van der Waals surface area (Å²) < 4.78 is 1.14. The molecule has 1 fully saturated rings. The third kappa shape index (κ3) is 3.40. The van der Waals surface area contributed by atoms with Gasteiger partial charge < -0.3 is 10.6 Å². The minimum absolute atomic E-state index is 0.0668. The predicted octanol–water partition coefficient (Wildman–Crippen LogP) is 2.09. The quantitative estimate of drug-likeness (QED) is 0.836. The number of hydrogen-bond donors (Lipinski definition) is 2. The van der Waals surface area contributed by atoms with E-state index < -0.39 is 0 Å². The molecule has 17 heavy (non-hydrogen) atoms. The molecule has 0 atom stereocenters. The van der Waals surface area contributed by atoms with Gasteiger partial charge in [-0.15, -0.1) is 11.3 Å². The Morgan fingerprint density at radius 1 is 1.53 bits per heavy atom. The normalized spacial score (nSPS) is 14.4. The fraction of sp³-hybridized carbons (Fsp3) is 0.417. The van der Waals surface area contributed by atoms with E-state index in [4.69, 9.17) is 0 Å². The number of thiophene rings is 1. The van der Waals surface area contributed by atoms with Gasteiger partial charge in [0.1, 0.15) is 0 Å². The second-order valence-corrected chi connectivity index (χ2v) is 6.59. The van der Waals surface area contributed by atoms with Gasteiger partial charge in [-0.05, 0) is 47.0 Å². The van der Waals surface area contributed by atoms with Crippen molar-refractivity contribution in [2.24, 2.45) is 0 Å². The molecular formula is C12H15BrN2OS. The molecular weight excluding hydrogens is 300 g/mol. The Kier molecular flexibility index (Phi) is 4.36. The van der Waals surface area contributed by atoms with Gasteiger partial charge in [-0.25, -0.2) is 0 Å². The highest BCUT2D eigenvalue weighted by Gasteiger charge is 2.15. The largest absolute Gasteiger partial charge is 0.352 e. The fourth-order valence-electron chi connectivity index (χ4n) is 1.59. The fourth-order valence-corrected chi connectivity index (χ4v) is 3.08. The summed E-state index contributed by atoms with van der Waals surface area (Å²) >= 11 is 5.14. The predicted molar refractivity (Wildman–Crippen MR) is 74.3 cm³/mol. The molecule has 1 aromatic heterocycles. The SMILES string of the molecule is CC(C(=O)NCCc1ccc(Br)s1)=C1CNC1. The summed E-state index contributed by atoms with van der Waals surface area (Å²) in [5.74, 6) is 0.0668. The van der Waals surface area contributed by atoms with Crippen LogP contribution in [0.3, 0.4) is 0 Å². The van der Waals surface area contributed by atoms with Crippen molar-refractivity contribution in [3.8, 4) is 0 Å². The average Bonchev–Trinajstić information content (AvgIpc) is 2.61. The van der Waals surface area contributed by atoms with E-state index in [9.17, 15) is 4.79 Å². The Hall–Kier alpha value is -0.650. The molecule has 0 aliphatic carbocycles. The summed E-state index contributed by atoms with van der Waals surface area (Å²) in [4.78, 5) is 13.1. The van der Waals surface area contributed by atoms with Crippen molar-refractivity contribution < 1.29 is 4.79 Å². The third-order valence-electron chi connectivity index (χ3n) is 2.83. The summed E-state index contributed by atoms with van der Waals surface area (Å²) in [6, 6.07) is 4.12. The molecule has 1 aliphatic rings. The van der Waals surface area contributed by atoms with E-state index in [1.54, 1.807) is 11.3 Å². The standard InChI is InChI=1S/C12H15BrN2OS/c1-8(9-6-14-7-9)12(16)15-5-4-10-2-3-11(13)17-10/h2-3,14H,4-7H2,1H3,(H,15,16). The molecule has 0 unspecified atom stereocenters. The minimum atomic E-state index is 0.0668. The Bertz CT molecular complexity index is 447. The smallest absolute Gasteiger partial charge is 0.246 e. The summed E-state index contributed by atoms with van der Waals surface area (Å²) in [7, 11) is 0. The number of carbonyl (C=O) groups is 1. The topological polar surface area (TPSA) is 41.1 Å². The first kappa shape index (κ1) is 12.8. The lowest BCUT2D eigenvalue weighted by Crippen LogP contribution is -2.38. The van der Waals surface area contributed by atoms with Gasteiger partial charge in [-0.1, -0.05) is 0 Å². The second kappa shape index (κ2) is 5.80. The lowest BCUT2D eigenvalue weighted by atomic mass is 10.0. The molecule has 92 valence electrons. The minimum Gasteiger partial charge on any atom is -0.352 e. The van der Waals surface area contributed by atoms with Crippen molar-refractivity contribution in [2.45, 2.75) is 13.3 Å². The van der Waals surface area contributed by atoms with Crippen LogP contribution in [0.2, 0.25) is 0 Å². The lowest BCUT2D eigenvalue weighted by molar-refractivity contribution is -0.117. The molecule has 1 saturated heterocycles. The van der Waals surface area contributed by atoms with Crippen LogP contribution in [0.25, 0.3) is 0 Å². The van der Waals surface area contributed by atoms with Crippen molar-refractivity contribution in [3.05, 3.63) is 31.9 Å². The Morgan fingerprint density at radius 3 is 2.82 bits per heavy atom. The molecule has 2 N–H and O–H groups in total. The number of carbonyl (C=O) groups excluding carboxylic acids is 1. The van der Waals surface area contributed by atoms with Crippen molar-refractivity contribution in [2.75, 3.05) is 19.6 Å². The van der Waals surface area contributed by atoms with Gasteiger partial charge in [0.2, 0.25) is 5.91 Å². The number of amides is 1. The van der Waals surface area contributed by atoms with Crippen LogP contribution in [-0.2, 0) is 11.2 Å². The second-order valence-electron chi connectivity index (χ2n) is 4.04.